The van der Waals surface area contributed by atoms with Gasteiger partial charge in [-0.3, -0.25) is 4.40 Å². The number of pyridine rings is 1. The minimum atomic E-state index is 0.696. The molecule has 0 aliphatic carbocycles. The van der Waals surface area contributed by atoms with Crippen LogP contribution >= 0.6 is 0 Å². The van der Waals surface area contributed by atoms with Crippen LogP contribution in [0.1, 0.15) is 16.8 Å². The van der Waals surface area contributed by atoms with Crippen molar-refractivity contribution in [3.63, 3.8) is 0 Å². The number of anilines is 1. The highest BCUT2D eigenvalue weighted by molar-refractivity contribution is 5.81. The van der Waals surface area contributed by atoms with Gasteiger partial charge in [-0.1, -0.05) is 30.3 Å². The Labute approximate surface area is 170 Å². The fourth-order valence-corrected chi connectivity index (χ4v) is 3.66. The summed E-state index contributed by atoms with van der Waals surface area (Å²) in [7, 11) is 3.34. The van der Waals surface area contributed by atoms with Gasteiger partial charge in [0.25, 0.3) is 0 Å². The maximum Gasteiger partial charge on any atom is 0.139 e. The molecular weight excluding hydrogens is 362 g/mol. The zero-order chi connectivity index (χ0) is 20.4. The molecule has 0 unspecified atom stereocenters. The summed E-state index contributed by atoms with van der Waals surface area (Å²) in [5.41, 5.74) is 6.14. The van der Waals surface area contributed by atoms with E-state index in [1.54, 1.807) is 14.2 Å². The van der Waals surface area contributed by atoms with Crippen LogP contribution < -0.4 is 14.8 Å². The Morgan fingerprint density at radius 2 is 1.72 bits per heavy atom. The largest absolute Gasteiger partial charge is 0.497 e. The molecule has 0 atom stereocenters. The van der Waals surface area contributed by atoms with E-state index in [1.165, 1.54) is 11.1 Å². The standard InChI is InChI=1S/C24H25N3O2/c1-16-12-17(2)27-22(13-16)26-23(20-14-19(28-3)10-11-21(20)29-4)24(27)25-15-18-8-6-5-7-9-18/h5-14,25H,15H2,1-4H3. The Kier molecular flexibility index (Phi) is 5.12. The summed E-state index contributed by atoms with van der Waals surface area (Å²) in [6.07, 6.45) is 0. The molecule has 2 aromatic heterocycles. The van der Waals surface area contributed by atoms with Crippen LogP contribution in [0.2, 0.25) is 0 Å². The van der Waals surface area contributed by atoms with Crippen molar-refractivity contribution in [3.8, 4) is 22.8 Å². The highest BCUT2D eigenvalue weighted by Gasteiger charge is 2.19. The molecule has 5 heteroatoms. The smallest absolute Gasteiger partial charge is 0.139 e. The molecule has 0 saturated heterocycles. The second-order valence-electron chi connectivity index (χ2n) is 7.08. The van der Waals surface area contributed by atoms with Crippen LogP contribution in [0, 0.1) is 13.8 Å². The summed E-state index contributed by atoms with van der Waals surface area (Å²) in [6, 6.07) is 20.4. The van der Waals surface area contributed by atoms with Crippen molar-refractivity contribution in [2.45, 2.75) is 20.4 Å². The number of benzene rings is 2. The van der Waals surface area contributed by atoms with Gasteiger partial charge in [0.1, 0.15) is 28.7 Å². The predicted molar refractivity (Wildman–Crippen MR) is 117 cm³/mol. The van der Waals surface area contributed by atoms with Crippen LogP contribution in [-0.4, -0.2) is 23.6 Å². The molecule has 0 spiro atoms. The molecule has 29 heavy (non-hydrogen) atoms. The Bertz CT molecular complexity index is 1150. The van der Waals surface area contributed by atoms with Crippen LogP contribution in [0.5, 0.6) is 11.5 Å². The molecule has 0 fully saturated rings. The number of hydrogen-bond donors (Lipinski definition) is 1. The van der Waals surface area contributed by atoms with Crippen LogP contribution in [-0.2, 0) is 6.54 Å². The van der Waals surface area contributed by atoms with Crippen LogP contribution in [0.25, 0.3) is 16.9 Å². The zero-order valence-corrected chi connectivity index (χ0v) is 17.2. The van der Waals surface area contributed by atoms with E-state index in [4.69, 9.17) is 14.5 Å². The molecule has 0 saturated carbocycles. The number of rotatable bonds is 6. The second kappa shape index (κ2) is 7.87. The Balaban J connectivity index is 1.90. The Morgan fingerprint density at radius 3 is 2.45 bits per heavy atom. The number of imidazole rings is 1. The first-order chi connectivity index (χ1) is 14.1. The number of aryl methyl sites for hydroxylation is 2. The molecule has 5 nitrogen and oxygen atoms in total. The van der Waals surface area contributed by atoms with Gasteiger partial charge >= 0.3 is 0 Å². The van der Waals surface area contributed by atoms with E-state index in [9.17, 15) is 0 Å². The lowest BCUT2D eigenvalue weighted by Gasteiger charge is -2.13. The zero-order valence-electron chi connectivity index (χ0n) is 17.2. The number of hydrogen-bond acceptors (Lipinski definition) is 4. The second-order valence-corrected chi connectivity index (χ2v) is 7.08. The van der Waals surface area contributed by atoms with Crippen LogP contribution in [0.15, 0.2) is 60.7 Å². The van der Waals surface area contributed by atoms with Gasteiger partial charge in [0, 0.05) is 17.8 Å². The Hall–Kier alpha value is -3.47. The molecule has 0 aliphatic heterocycles. The third kappa shape index (κ3) is 3.63. The topological polar surface area (TPSA) is 47.8 Å². The summed E-state index contributed by atoms with van der Waals surface area (Å²) in [5, 5.41) is 3.60. The first-order valence-corrected chi connectivity index (χ1v) is 9.60. The molecule has 1 N–H and O–H groups in total. The minimum absolute atomic E-state index is 0.696. The number of nitrogens with one attached hydrogen (secondary N) is 1. The van der Waals surface area contributed by atoms with Gasteiger partial charge in [-0.25, -0.2) is 4.98 Å². The molecule has 4 aromatic rings. The number of fused-ring (bicyclic) bond motifs is 1. The quantitative estimate of drug-likeness (QED) is 0.491. The van der Waals surface area contributed by atoms with Crippen molar-refractivity contribution >= 4 is 11.5 Å². The molecule has 0 bridgehead atoms. The third-order valence-corrected chi connectivity index (χ3v) is 5.01. The average molecular weight is 387 g/mol. The molecule has 2 aromatic carbocycles. The van der Waals surface area contributed by atoms with Gasteiger partial charge in [0.2, 0.25) is 0 Å². The lowest BCUT2D eigenvalue weighted by molar-refractivity contribution is 0.404. The summed E-state index contributed by atoms with van der Waals surface area (Å²) >= 11 is 0. The maximum atomic E-state index is 5.63. The van der Waals surface area contributed by atoms with Gasteiger partial charge in [0.05, 0.1) is 14.2 Å². The minimum Gasteiger partial charge on any atom is -0.497 e. The third-order valence-electron chi connectivity index (χ3n) is 5.01. The van der Waals surface area contributed by atoms with E-state index in [2.05, 4.69) is 47.8 Å². The SMILES string of the molecule is COc1ccc(OC)c(-c2nc3cc(C)cc(C)n3c2NCc2ccccc2)c1. The summed E-state index contributed by atoms with van der Waals surface area (Å²) in [5.74, 6) is 2.46. The van der Waals surface area contributed by atoms with Crippen molar-refractivity contribution < 1.29 is 9.47 Å². The van der Waals surface area contributed by atoms with Crippen LogP contribution in [0.4, 0.5) is 5.82 Å². The average Bonchev–Trinajstić information content (AvgIpc) is 3.10. The van der Waals surface area contributed by atoms with Crippen molar-refractivity contribution in [2.24, 2.45) is 0 Å². The predicted octanol–water partition coefficient (Wildman–Crippen LogP) is 5.25. The molecule has 0 aliphatic rings. The van der Waals surface area contributed by atoms with Crippen molar-refractivity contribution in [2.75, 3.05) is 19.5 Å². The van der Waals surface area contributed by atoms with Gasteiger partial charge in [0.15, 0.2) is 0 Å². The molecule has 0 radical (unpaired) electrons. The fourth-order valence-electron chi connectivity index (χ4n) is 3.66. The van der Waals surface area contributed by atoms with Gasteiger partial charge in [-0.05, 0) is 55.3 Å². The van der Waals surface area contributed by atoms with Gasteiger partial charge in [-0.2, -0.15) is 0 Å². The normalized spacial score (nSPS) is 10.9. The fraction of sp³-hybridized carbons (Fsp3) is 0.208. The maximum absolute atomic E-state index is 5.63. The van der Waals surface area contributed by atoms with Crippen LogP contribution in [0.3, 0.4) is 0 Å². The summed E-state index contributed by atoms with van der Waals surface area (Å²) < 4.78 is 13.2. The monoisotopic (exact) mass is 387 g/mol. The highest BCUT2D eigenvalue weighted by Crippen LogP contribution is 2.38. The van der Waals surface area contributed by atoms with E-state index in [0.29, 0.717) is 6.54 Å². The molecule has 0 amide bonds. The summed E-state index contributed by atoms with van der Waals surface area (Å²) in [6.45, 7) is 4.88. The molecular formula is C24H25N3O2. The first kappa shape index (κ1) is 18.9. The van der Waals surface area contributed by atoms with E-state index >= 15 is 0 Å². The van der Waals surface area contributed by atoms with Crippen molar-refractivity contribution in [3.05, 3.63) is 77.5 Å². The highest BCUT2D eigenvalue weighted by atomic mass is 16.5. The van der Waals surface area contributed by atoms with E-state index in [1.807, 2.05) is 36.4 Å². The Morgan fingerprint density at radius 1 is 0.931 bits per heavy atom. The number of ether oxygens (including phenoxy) is 2. The van der Waals surface area contributed by atoms with E-state index in [-0.39, 0.29) is 0 Å². The van der Waals surface area contributed by atoms with E-state index in [0.717, 1.165) is 39.9 Å². The van der Waals surface area contributed by atoms with Gasteiger partial charge in [-0.15, -0.1) is 0 Å². The number of nitrogens with zero attached hydrogens (tertiary/aromatic N) is 2. The summed E-state index contributed by atoms with van der Waals surface area (Å²) in [4.78, 5) is 4.97. The number of aromatic nitrogens is 2. The van der Waals surface area contributed by atoms with Crippen molar-refractivity contribution in [1.82, 2.24) is 9.38 Å². The number of methoxy groups -OCH3 is 2. The molecule has 2 heterocycles. The lowest BCUT2D eigenvalue weighted by Crippen LogP contribution is -2.05. The van der Waals surface area contributed by atoms with Crippen molar-refractivity contribution in [1.29, 1.82) is 0 Å². The lowest BCUT2D eigenvalue weighted by atomic mass is 10.1. The van der Waals surface area contributed by atoms with Gasteiger partial charge < -0.3 is 14.8 Å². The van der Waals surface area contributed by atoms with E-state index < -0.39 is 0 Å². The first-order valence-electron chi connectivity index (χ1n) is 9.60. The molecule has 4 rings (SSSR count). The molecule has 148 valence electrons.